The van der Waals surface area contributed by atoms with Gasteiger partial charge < -0.3 is 19.9 Å². The number of fused-ring (bicyclic) bond motifs is 3. The third-order valence-electron chi connectivity index (χ3n) is 5.47. The number of aryl methyl sites for hydroxylation is 1. The van der Waals surface area contributed by atoms with Crippen molar-refractivity contribution in [3.63, 3.8) is 0 Å². The van der Waals surface area contributed by atoms with Crippen LogP contribution in [0.25, 0.3) is 27.9 Å². The number of carbonyl (C=O) groups is 1. The van der Waals surface area contributed by atoms with E-state index in [1.807, 2.05) is 45.0 Å². The zero-order valence-corrected chi connectivity index (χ0v) is 18.9. The van der Waals surface area contributed by atoms with Crippen molar-refractivity contribution >= 4 is 22.3 Å². The van der Waals surface area contributed by atoms with E-state index in [-0.39, 0.29) is 11.9 Å². The highest BCUT2D eigenvalue weighted by Crippen LogP contribution is 2.29. The predicted molar refractivity (Wildman–Crippen MR) is 125 cm³/mol. The highest BCUT2D eigenvalue weighted by molar-refractivity contribution is 5.97. The Morgan fingerprint density at radius 2 is 2.09 bits per heavy atom. The standard InChI is InChI=1S/C24H23N7O3/c1-4-14(2)26-23(32)16-9-10-17(25-12-16)13-33-24-19-8-6-5-7-18(19)21-27-28-22(31(21)29-24)20-11-15(3)34-30-20/h5-14,25H,4H2,1-3H3,(H,26,32). The first-order valence-corrected chi connectivity index (χ1v) is 10.9. The number of benzene rings is 1. The fraction of sp³-hybridized carbons (Fsp3) is 0.208. The minimum atomic E-state index is -0.126. The summed E-state index contributed by atoms with van der Waals surface area (Å²) in [5, 5.41) is 24.9. The van der Waals surface area contributed by atoms with Gasteiger partial charge in [0.15, 0.2) is 11.3 Å². The molecule has 0 saturated heterocycles. The number of aromatic nitrogens is 5. The number of ether oxygens (including phenoxy) is 1. The summed E-state index contributed by atoms with van der Waals surface area (Å²) < 4.78 is 12.8. The Bertz CT molecular complexity index is 1480. The van der Waals surface area contributed by atoms with E-state index in [9.17, 15) is 4.79 Å². The summed E-state index contributed by atoms with van der Waals surface area (Å²) in [6.45, 7) is 5.80. The van der Waals surface area contributed by atoms with Gasteiger partial charge in [0.05, 0.1) is 11.3 Å². The molecular formula is C24H23N7O3. The minimum Gasteiger partial charge on any atom is -0.443 e. The molecule has 2 N–H and O–H groups in total. The van der Waals surface area contributed by atoms with Gasteiger partial charge in [0.2, 0.25) is 11.7 Å². The molecule has 5 rings (SSSR count). The van der Waals surface area contributed by atoms with Gasteiger partial charge >= 0.3 is 0 Å². The van der Waals surface area contributed by atoms with Crippen LogP contribution in [-0.2, 0) is 4.79 Å². The van der Waals surface area contributed by atoms with E-state index in [1.165, 1.54) is 0 Å². The van der Waals surface area contributed by atoms with Crippen molar-refractivity contribution in [3.05, 3.63) is 72.0 Å². The van der Waals surface area contributed by atoms with Crippen LogP contribution >= 0.6 is 0 Å². The van der Waals surface area contributed by atoms with Crippen LogP contribution in [0.5, 0.6) is 5.88 Å². The molecule has 1 atom stereocenters. The fourth-order valence-electron chi connectivity index (χ4n) is 3.45. The van der Waals surface area contributed by atoms with Crippen molar-refractivity contribution in [3.8, 4) is 17.4 Å². The van der Waals surface area contributed by atoms with E-state index in [2.05, 4.69) is 31.1 Å². The first-order valence-electron chi connectivity index (χ1n) is 10.9. The van der Waals surface area contributed by atoms with Gasteiger partial charge in [-0.15, -0.1) is 15.3 Å². The molecule has 4 heterocycles. The zero-order chi connectivity index (χ0) is 23.7. The lowest BCUT2D eigenvalue weighted by molar-refractivity contribution is -0.117. The van der Waals surface area contributed by atoms with Crippen LogP contribution in [0.4, 0.5) is 0 Å². The molecule has 0 aliphatic carbocycles. The van der Waals surface area contributed by atoms with E-state index < -0.39 is 0 Å². The lowest BCUT2D eigenvalue weighted by atomic mass is 10.1. The number of dihydropyridines is 1. The van der Waals surface area contributed by atoms with Crippen LogP contribution in [0, 0.1) is 6.92 Å². The monoisotopic (exact) mass is 457 g/mol. The maximum Gasteiger partial charge on any atom is 0.252 e. The number of hydrogen-bond acceptors (Lipinski definition) is 8. The van der Waals surface area contributed by atoms with Crippen molar-refractivity contribution in [1.29, 1.82) is 0 Å². The number of amides is 1. The maximum atomic E-state index is 12.3. The fourth-order valence-corrected chi connectivity index (χ4v) is 3.45. The quantitative estimate of drug-likeness (QED) is 0.423. The van der Waals surface area contributed by atoms with Crippen molar-refractivity contribution in [2.24, 2.45) is 0 Å². The molecule has 0 fully saturated rings. The van der Waals surface area contributed by atoms with E-state index in [0.29, 0.717) is 40.1 Å². The summed E-state index contributed by atoms with van der Waals surface area (Å²) in [6.07, 6.45) is 7.57. The summed E-state index contributed by atoms with van der Waals surface area (Å²) in [5.41, 5.74) is 2.32. The normalized spacial score (nSPS) is 15.4. The third kappa shape index (κ3) is 4.01. The summed E-state index contributed by atoms with van der Waals surface area (Å²) in [4.78, 5) is 12.3. The molecule has 1 aliphatic heterocycles. The van der Waals surface area contributed by atoms with Gasteiger partial charge in [-0.25, -0.2) is 0 Å². The molecule has 1 aromatic carbocycles. The minimum absolute atomic E-state index is 0.111. The summed E-state index contributed by atoms with van der Waals surface area (Å²) in [6, 6.07) is 9.55. The Morgan fingerprint density at radius 1 is 1.26 bits per heavy atom. The lowest BCUT2D eigenvalue weighted by Crippen LogP contribution is -2.33. The van der Waals surface area contributed by atoms with Crippen LogP contribution in [-0.4, -0.2) is 36.9 Å². The first kappa shape index (κ1) is 21.4. The predicted octanol–water partition coefficient (Wildman–Crippen LogP) is 3.42. The number of hydrogen-bond donors (Lipinski definition) is 2. The topological polar surface area (TPSA) is 119 Å². The Labute approximate surface area is 195 Å². The second-order valence-electron chi connectivity index (χ2n) is 7.98. The molecule has 0 radical (unpaired) electrons. The molecular weight excluding hydrogens is 434 g/mol. The second kappa shape index (κ2) is 8.81. The van der Waals surface area contributed by atoms with Crippen LogP contribution < -0.4 is 15.4 Å². The molecule has 1 aliphatic rings. The molecule has 1 amide bonds. The SMILES string of the molecule is CCC(C)NC(=O)C1=CNC(=COc2nn3c(-c4cc(C)on4)nnc3c3ccccc23)C=C1. The molecule has 1 unspecified atom stereocenters. The van der Waals surface area contributed by atoms with E-state index in [0.717, 1.165) is 17.2 Å². The van der Waals surface area contributed by atoms with Gasteiger partial charge in [-0.1, -0.05) is 30.3 Å². The Morgan fingerprint density at radius 3 is 2.79 bits per heavy atom. The average molecular weight is 457 g/mol. The number of nitrogens with one attached hydrogen (secondary N) is 2. The van der Waals surface area contributed by atoms with Gasteiger partial charge in [-0.05, 0) is 38.5 Å². The van der Waals surface area contributed by atoms with E-state index >= 15 is 0 Å². The molecule has 0 saturated carbocycles. The Kier molecular flexibility index (Phi) is 5.54. The van der Waals surface area contributed by atoms with Gasteiger partial charge in [-0.2, -0.15) is 4.52 Å². The first-order chi connectivity index (χ1) is 16.5. The molecule has 172 valence electrons. The summed E-state index contributed by atoms with van der Waals surface area (Å²) in [5.74, 6) is 1.36. The molecule has 3 aromatic heterocycles. The van der Waals surface area contributed by atoms with E-state index in [1.54, 1.807) is 35.2 Å². The Hall–Kier alpha value is -4.47. The van der Waals surface area contributed by atoms with Crippen LogP contribution in [0.1, 0.15) is 26.0 Å². The molecule has 34 heavy (non-hydrogen) atoms. The summed E-state index contributed by atoms with van der Waals surface area (Å²) in [7, 11) is 0. The number of rotatable bonds is 6. The van der Waals surface area contributed by atoms with Crippen molar-refractivity contribution in [2.75, 3.05) is 0 Å². The van der Waals surface area contributed by atoms with E-state index in [4.69, 9.17) is 9.26 Å². The molecule has 4 aromatic rings. The lowest BCUT2D eigenvalue weighted by Gasteiger charge is -2.15. The molecule has 10 heteroatoms. The van der Waals surface area contributed by atoms with Crippen LogP contribution in [0.3, 0.4) is 0 Å². The van der Waals surface area contributed by atoms with Crippen molar-refractivity contribution in [1.82, 2.24) is 35.6 Å². The van der Waals surface area contributed by atoms with Crippen molar-refractivity contribution in [2.45, 2.75) is 33.2 Å². The second-order valence-corrected chi connectivity index (χ2v) is 7.98. The maximum absolute atomic E-state index is 12.3. The van der Waals surface area contributed by atoms with Gasteiger partial charge in [0.1, 0.15) is 12.0 Å². The molecule has 10 nitrogen and oxygen atoms in total. The van der Waals surface area contributed by atoms with Gasteiger partial charge in [0.25, 0.3) is 5.91 Å². The van der Waals surface area contributed by atoms with Crippen molar-refractivity contribution < 1.29 is 14.1 Å². The van der Waals surface area contributed by atoms with Crippen LogP contribution in [0.2, 0.25) is 0 Å². The smallest absolute Gasteiger partial charge is 0.252 e. The van der Waals surface area contributed by atoms with Gasteiger partial charge in [-0.3, -0.25) is 4.79 Å². The number of allylic oxidation sites excluding steroid dienone is 1. The third-order valence-corrected chi connectivity index (χ3v) is 5.47. The molecule has 0 spiro atoms. The zero-order valence-electron chi connectivity index (χ0n) is 18.9. The highest BCUT2D eigenvalue weighted by Gasteiger charge is 2.18. The van der Waals surface area contributed by atoms with Gasteiger partial charge in [0, 0.05) is 29.1 Å². The Balaban J connectivity index is 1.44. The van der Waals surface area contributed by atoms with Crippen LogP contribution in [0.15, 0.2) is 70.7 Å². The number of carbonyl (C=O) groups excluding carboxylic acids is 1. The largest absolute Gasteiger partial charge is 0.443 e. The number of nitrogens with zero attached hydrogens (tertiary/aromatic N) is 5. The summed E-state index contributed by atoms with van der Waals surface area (Å²) >= 11 is 0. The highest BCUT2D eigenvalue weighted by atomic mass is 16.5. The molecule has 0 bridgehead atoms. The average Bonchev–Trinajstić information content (AvgIpc) is 3.48.